The van der Waals surface area contributed by atoms with Crippen LogP contribution in [0.2, 0.25) is 0 Å². The van der Waals surface area contributed by atoms with E-state index in [9.17, 15) is 4.79 Å². The normalized spacial score (nSPS) is 33.5. The lowest BCUT2D eigenvalue weighted by Gasteiger charge is -2.14. The number of carbonyl (C=O) groups is 1. The van der Waals surface area contributed by atoms with Gasteiger partial charge in [0.2, 0.25) is 5.91 Å². The maximum Gasteiger partial charge on any atom is 0.245 e. The van der Waals surface area contributed by atoms with Crippen molar-refractivity contribution in [3.63, 3.8) is 0 Å². The standard InChI is InChI=1S/C9H14N2O/c1-2-9(12)11-5-7-3-10-4-8(7)6-11/h2,7-8,10H,1,3-6H2/t7-,8+. The predicted molar refractivity (Wildman–Crippen MR) is 46.6 cm³/mol. The van der Waals surface area contributed by atoms with E-state index < -0.39 is 0 Å². The van der Waals surface area contributed by atoms with Crippen LogP contribution in [0.25, 0.3) is 0 Å². The Balaban J connectivity index is 1.98. The van der Waals surface area contributed by atoms with Crippen LogP contribution in [0, 0.1) is 11.8 Å². The maximum absolute atomic E-state index is 11.2. The number of rotatable bonds is 1. The fourth-order valence-electron chi connectivity index (χ4n) is 2.16. The van der Waals surface area contributed by atoms with Gasteiger partial charge >= 0.3 is 0 Å². The largest absolute Gasteiger partial charge is 0.339 e. The van der Waals surface area contributed by atoms with E-state index in [1.54, 1.807) is 0 Å². The summed E-state index contributed by atoms with van der Waals surface area (Å²) in [6.07, 6.45) is 1.41. The molecule has 1 N–H and O–H groups in total. The second kappa shape index (κ2) is 2.90. The molecule has 66 valence electrons. The molecule has 0 unspecified atom stereocenters. The number of nitrogens with one attached hydrogen (secondary N) is 1. The van der Waals surface area contributed by atoms with Gasteiger partial charge in [-0.25, -0.2) is 0 Å². The van der Waals surface area contributed by atoms with E-state index in [1.165, 1.54) is 6.08 Å². The van der Waals surface area contributed by atoms with Crippen molar-refractivity contribution in [1.29, 1.82) is 0 Å². The zero-order chi connectivity index (χ0) is 8.55. The molecule has 0 aromatic carbocycles. The lowest BCUT2D eigenvalue weighted by molar-refractivity contribution is -0.125. The van der Waals surface area contributed by atoms with Crippen molar-refractivity contribution in [1.82, 2.24) is 10.2 Å². The first kappa shape index (κ1) is 7.80. The monoisotopic (exact) mass is 166 g/mol. The highest BCUT2D eigenvalue weighted by molar-refractivity contribution is 5.87. The van der Waals surface area contributed by atoms with Gasteiger partial charge in [-0.2, -0.15) is 0 Å². The molecule has 2 heterocycles. The van der Waals surface area contributed by atoms with Gasteiger partial charge in [-0.15, -0.1) is 0 Å². The summed E-state index contributed by atoms with van der Waals surface area (Å²) in [7, 11) is 0. The molecule has 2 aliphatic heterocycles. The second-order valence-corrected chi connectivity index (χ2v) is 3.63. The van der Waals surface area contributed by atoms with E-state index in [-0.39, 0.29) is 5.91 Å². The van der Waals surface area contributed by atoms with Gasteiger partial charge in [0.05, 0.1) is 0 Å². The van der Waals surface area contributed by atoms with Crippen LogP contribution >= 0.6 is 0 Å². The number of hydrogen-bond acceptors (Lipinski definition) is 2. The van der Waals surface area contributed by atoms with Gasteiger partial charge in [-0.05, 0) is 17.9 Å². The Morgan fingerprint density at radius 2 is 2.00 bits per heavy atom. The third-order valence-electron chi connectivity index (χ3n) is 2.88. The highest BCUT2D eigenvalue weighted by Gasteiger charge is 2.37. The Labute approximate surface area is 72.4 Å². The summed E-state index contributed by atoms with van der Waals surface area (Å²) in [6.45, 7) is 7.48. The smallest absolute Gasteiger partial charge is 0.245 e. The van der Waals surface area contributed by atoms with Gasteiger partial charge in [-0.3, -0.25) is 4.79 Å². The van der Waals surface area contributed by atoms with E-state index in [1.807, 2.05) is 4.90 Å². The molecule has 3 heteroatoms. The fourth-order valence-corrected chi connectivity index (χ4v) is 2.16. The topological polar surface area (TPSA) is 32.3 Å². The minimum Gasteiger partial charge on any atom is -0.339 e. The van der Waals surface area contributed by atoms with Crippen molar-refractivity contribution in [3.8, 4) is 0 Å². The number of fused-ring (bicyclic) bond motifs is 1. The predicted octanol–water partition coefficient (Wildman–Crippen LogP) is -0.150. The third kappa shape index (κ3) is 1.14. The summed E-state index contributed by atoms with van der Waals surface area (Å²) in [4.78, 5) is 13.1. The second-order valence-electron chi connectivity index (χ2n) is 3.63. The van der Waals surface area contributed by atoms with E-state index in [2.05, 4.69) is 11.9 Å². The molecule has 1 amide bonds. The SMILES string of the molecule is C=CC(=O)N1C[C@H]2CNC[C@H]2C1. The summed E-state index contributed by atoms with van der Waals surface area (Å²) < 4.78 is 0. The molecule has 0 aliphatic carbocycles. The van der Waals surface area contributed by atoms with Crippen molar-refractivity contribution in [2.45, 2.75) is 0 Å². The minimum atomic E-state index is 0.0874. The van der Waals surface area contributed by atoms with Crippen LogP contribution in [0.1, 0.15) is 0 Å². The summed E-state index contributed by atoms with van der Waals surface area (Å²) in [5.74, 6) is 1.46. The summed E-state index contributed by atoms with van der Waals surface area (Å²) in [5, 5.41) is 3.34. The van der Waals surface area contributed by atoms with Gasteiger partial charge in [0, 0.05) is 26.2 Å². The van der Waals surface area contributed by atoms with E-state index in [4.69, 9.17) is 0 Å². The van der Waals surface area contributed by atoms with Gasteiger partial charge in [0.25, 0.3) is 0 Å². The van der Waals surface area contributed by atoms with Crippen LogP contribution < -0.4 is 5.32 Å². The molecule has 2 atom stereocenters. The van der Waals surface area contributed by atoms with Gasteiger partial charge in [0.15, 0.2) is 0 Å². The average Bonchev–Trinajstić information content (AvgIpc) is 2.60. The maximum atomic E-state index is 11.2. The average molecular weight is 166 g/mol. The molecule has 0 radical (unpaired) electrons. The Morgan fingerprint density at radius 1 is 1.42 bits per heavy atom. The lowest BCUT2D eigenvalue weighted by Crippen LogP contribution is -2.30. The first-order valence-electron chi connectivity index (χ1n) is 4.43. The number of likely N-dealkylation sites (tertiary alicyclic amines) is 1. The molecule has 0 bridgehead atoms. The molecule has 0 saturated carbocycles. The van der Waals surface area contributed by atoms with Crippen molar-refractivity contribution in [2.24, 2.45) is 11.8 Å². The van der Waals surface area contributed by atoms with Gasteiger partial charge < -0.3 is 10.2 Å². The van der Waals surface area contributed by atoms with Crippen LogP contribution in [0.5, 0.6) is 0 Å². The number of nitrogens with zero attached hydrogens (tertiary/aromatic N) is 1. The molecule has 0 spiro atoms. The Morgan fingerprint density at radius 3 is 2.50 bits per heavy atom. The first-order valence-corrected chi connectivity index (χ1v) is 4.43. The third-order valence-corrected chi connectivity index (χ3v) is 2.88. The molecule has 0 aromatic heterocycles. The minimum absolute atomic E-state index is 0.0874. The molecule has 0 aromatic rings. The van der Waals surface area contributed by atoms with Crippen LogP contribution in [0.15, 0.2) is 12.7 Å². The Bertz CT molecular complexity index is 203. The van der Waals surface area contributed by atoms with Crippen molar-refractivity contribution in [2.75, 3.05) is 26.2 Å². The summed E-state index contributed by atoms with van der Waals surface area (Å²) in [5.41, 5.74) is 0. The Hall–Kier alpha value is -0.830. The fraction of sp³-hybridized carbons (Fsp3) is 0.667. The first-order chi connectivity index (χ1) is 5.81. The molecule has 12 heavy (non-hydrogen) atoms. The Kier molecular flexibility index (Phi) is 1.89. The summed E-state index contributed by atoms with van der Waals surface area (Å²) in [6, 6.07) is 0. The van der Waals surface area contributed by atoms with E-state index >= 15 is 0 Å². The molecule has 2 aliphatic rings. The van der Waals surface area contributed by atoms with Crippen LogP contribution in [-0.2, 0) is 4.79 Å². The van der Waals surface area contributed by atoms with E-state index in [0.717, 1.165) is 26.2 Å². The molecule has 2 saturated heterocycles. The van der Waals surface area contributed by atoms with Gasteiger partial charge in [0.1, 0.15) is 0 Å². The number of hydrogen-bond donors (Lipinski definition) is 1. The molecule has 3 nitrogen and oxygen atoms in total. The zero-order valence-corrected chi connectivity index (χ0v) is 7.12. The van der Waals surface area contributed by atoms with Crippen molar-refractivity contribution < 1.29 is 4.79 Å². The molecular weight excluding hydrogens is 152 g/mol. The molecule has 2 rings (SSSR count). The van der Waals surface area contributed by atoms with Gasteiger partial charge in [-0.1, -0.05) is 6.58 Å². The zero-order valence-electron chi connectivity index (χ0n) is 7.12. The van der Waals surface area contributed by atoms with Crippen LogP contribution in [-0.4, -0.2) is 37.0 Å². The summed E-state index contributed by atoms with van der Waals surface area (Å²) >= 11 is 0. The lowest BCUT2D eigenvalue weighted by atomic mass is 10.0. The molecular formula is C9H14N2O. The van der Waals surface area contributed by atoms with Crippen molar-refractivity contribution >= 4 is 5.91 Å². The quantitative estimate of drug-likeness (QED) is 0.549. The molecule has 2 fully saturated rings. The van der Waals surface area contributed by atoms with Crippen LogP contribution in [0.3, 0.4) is 0 Å². The van der Waals surface area contributed by atoms with E-state index in [0.29, 0.717) is 11.8 Å². The number of carbonyl (C=O) groups excluding carboxylic acids is 1. The van der Waals surface area contributed by atoms with Crippen molar-refractivity contribution in [3.05, 3.63) is 12.7 Å². The van der Waals surface area contributed by atoms with Crippen LogP contribution in [0.4, 0.5) is 0 Å². The number of amides is 1. The highest BCUT2D eigenvalue weighted by atomic mass is 16.2. The highest BCUT2D eigenvalue weighted by Crippen LogP contribution is 2.26.